The third-order valence-electron chi connectivity index (χ3n) is 6.91. The minimum absolute atomic E-state index is 0.116. The molecule has 2 N–H and O–H groups in total. The number of carbonyl (C=O) groups is 3. The number of aliphatic carboxylic acids is 1. The fourth-order valence-corrected chi connectivity index (χ4v) is 4.72. The van der Waals surface area contributed by atoms with Crippen molar-refractivity contribution in [1.82, 2.24) is 14.9 Å². The Bertz CT molecular complexity index is 1340. The van der Waals surface area contributed by atoms with Crippen LogP contribution in [0.4, 0.5) is 27.9 Å². The zero-order chi connectivity index (χ0) is 29.4. The van der Waals surface area contributed by atoms with Gasteiger partial charge in [-0.05, 0) is 56.5 Å². The van der Waals surface area contributed by atoms with Crippen LogP contribution in [0.5, 0.6) is 5.75 Å². The van der Waals surface area contributed by atoms with Crippen LogP contribution in [0.25, 0.3) is 0 Å². The zero-order valence-electron chi connectivity index (χ0n) is 23.6. The lowest BCUT2D eigenvalue weighted by molar-refractivity contribution is -0.137. The molecule has 41 heavy (non-hydrogen) atoms. The maximum absolute atomic E-state index is 12.8. The van der Waals surface area contributed by atoms with E-state index in [0.29, 0.717) is 49.3 Å². The number of hydrogen-bond donors (Lipinski definition) is 2. The van der Waals surface area contributed by atoms with Crippen LogP contribution in [-0.2, 0) is 16.0 Å². The van der Waals surface area contributed by atoms with Crippen LogP contribution in [0, 0.1) is 0 Å². The van der Waals surface area contributed by atoms with E-state index in [2.05, 4.69) is 15.3 Å². The summed E-state index contributed by atoms with van der Waals surface area (Å²) in [6.45, 7) is 8.08. The van der Waals surface area contributed by atoms with E-state index in [4.69, 9.17) is 4.74 Å². The van der Waals surface area contributed by atoms with Crippen LogP contribution in [0.2, 0.25) is 0 Å². The Morgan fingerprint density at radius 3 is 2.27 bits per heavy atom. The molecule has 2 heterocycles. The maximum Gasteiger partial charge on any atom is 0.415 e. The molecule has 1 saturated heterocycles. The van der Waals surface area contributed by atoms with Crippen molar-refractivity contribution in [3.8, 4) is 5.75 Å². The summed E-state index contributed by atoms with van der Waals surface area (Å²) in [5.74, 6) is -0.315. The third-order valence-corrected chi connectivity index (χ3v) is 6.91. The van der Waals surface area contributed by atoms with Crippen LogP contribution in [0.3, 0.4) is 0 Å². The van der Waals surface area contributed by atoms with Crippen molar-refractivity contribution < 1.29 is 24.2 Å². The van der Waals surface area contributed by atoms with E-state index in [1.165, 1.54) is 11.8 Å². The highest BCUT2D eigenvalue weighted by molar-refractivity contribution is 6.01. The van der Waals surface area contributed by atoms with Crippen molar-refractivity contribution in [2.75, 3.05) is 41.3 Å². The molecule has 3 aromatic rings. The molecular weight excluding hydrogens is 524 g/mol. The number of para-hydroxylation sites is 1. The number of nitrogens with zero attached hydrogens (tertiary/aromatic N) is 5. The Hall–Kier alpha value is -4.67. The molecule has 1 atom stereocenters. The van der Waals surface area contributed by atoms with Gasteiger partial charge in [0, 0.05) is 45.2 Å². The summed E-state index contributed by atoms with van der Waals surface area (Å²) in [5.41, 5.74) is 1.67. The van der Waals surface area contributed by atoms with Crippen molar-refractivity contribution in [2.45, 2.75) is 46.1 Å². The predicted molar refractivity (Wildman–Crippen MR) is 157 cm³/mol. The molecule has 11 nitrogen and oxygen atoms in total. The van der Waals surface area contributed by atoms with Crippen LogP contribution in [-0.4, -0.2) is 70.2 Å². The van der Waals surface area contributed by atoms with Crippen molar-refractivity contribution in [1.29, 1.82) is 0 Å². The number of aromatic nitrogens is 2. The van der Waals surface area contributed by atoms with Gasteiger partial charge in [-0.25, -0.2) is 14.6 Å². The molecule has 1 fully saturated rings. The summed E-state index contributed by atoms with van der Waals surface area (Å²) in [5, 5.41) is 13.2. The normalized spacial score (nSPS) is 13.4. The lowest BCUT2D eigenvalue weighted by atomic mass is 10.1. The molecule has 2 aromatic carbocycles. The molecule has 1 aliphatic rings. The van der Waals surface area contributed by atoms with Crippen molar-refractivity contribution >= 4 is 41.1 Å². The summed E-state index contributed by atoms with van der Waals surface area (Å²) >= 11 is 0. The van der Waals surface area contributed by atoms with E-state index < -0.39 is 12.0 Å². The van der Waals surface area contributed by atoms with E-state index in [9.17, 15) is 19.5 Å². The van der Waals surface area contributed by atoms with Gasteiger partial charge in [-0.2, -0.15) is 4.98 Å². The Labute approximate surface area is 239 Å². The molecule has 0 unspecified atom stereocenters. The quantitative estimate of drug-likeness (QED) is 0.343. The van der Waals surface area contributed by atoms with Crippen LogP contribution in [0.15, 0.2) is 60.8 Å². The van der Waals surface area contributed by atoms with E-state index in [1.807, 2.05) is 36.9 Å². The third kappa shape index (κ3) is 7.30. The molecule has 11 heteroatoms. The van der Waals surface area contributed by atoms with E-state index >= 15 is 0 Å². The predicted octanol–water partition coefficient (Wildman–Crippen LogP) is 4.71. The number of benzene rings is 2. The first-order chi connectivity index (χ1) is 19.8. The van der Waals surface area contributed by atoms with Gasteiger partial charge in [-0.3, -0.25) is 9.69 Å². The Balaban J connectivity index is 1.60. The van der Waals surface area contributed by atoms with E-state index in [1.54, 1.807) is 47.5 Å². The number of carboxylic acids is 1. The van der Waals surface area contributed by atoms with Gasteiger partial charge >= 0.3 is 12.1 Å². The Kier molecular flexibility index (Phi) is 9.73. The fraction of sp³-hybridized carbons (Fsp3) is 0.367. The summed E-state index contributed by atoms with van der Waals surface area (Å²) in [6.07, 6.45) is 3.22. The summed E-state index contributed by atoms with van der Waals surface area (Å²) < 4.78 is 5.46. The number of hydrogen-bond acceptors (Lipinski definition) is 8. The molecule has 216 valence electrons. The van der Waals surface area contributed by atoms with Crippen LogP contribution >= 0.6 is 0 Å². The molecule has 1 aliphatic heterocycles. The van der Waals surface area contributed by atoms with Gasteiger partial charge < -0.3 is 25.0 Å². The van der Waals surface area contributed by atoms with Crippen LogP contribution < -0.4 is 19.9 Å². The first-order valence-electron chi connectivity index (χ1n) is 13.8. The highest BCUT2D eigenvalue weighted by Gasteiger charge is 2.26. The number of rotatable bonds is 11. The molecule has 0 aliphatic carbocycles. The second-order valence-corrected chi connectivity index (χ2v) is 9.71. The van der Waals surface area contributed by atoms with Gasteiger partial charge in [-0.1, -0.05) is 30.3 Å². The van der Waals surface area contributed by atoms with Gasteiger partial charge in [0.1, 0.15) is 17.5 Å². The average Bonchev–Trinajstić information content (AvgIpc) is 3.51. The highest BCUT2D eigenvalue weighted by atomic mass is 16.6. The number of nitrogens with one attached hydrogen (secondary N) is 1. The minimum atomic E-state index is -1.09. The van der Waals surface area contributed by atoms with Crippen molar-refractivity contribution in [2.24, 2.45) is 0 Å². The number of likely N-dealkylation sites (tertiary alicyclic amines) is 1. The molecule has 0 bridgehead atoms. The minimum Gasteiger partial charge on any atom is -0.480 e. The molecule has 0 saturated carbocycles. The van der Waals surface area contributed by atoms with Gasteiger partial charge in [0.25, 0.3) is 0 Å². The Morgan fingerprint density at radius 2 is 1.68 bits per heavy atom. The smallest absolute Gasteiger partial charge is 0.415 e. The van der Waals surface area contributed by atoms with Gasteiger partial charge in [0.05, 0.1) is 6.20 Å². The standard InChI is InChI=1S/C30H36N6O5/c1-4-34(5-2)29-31-20-26(36(21(3)37)23-11-7-6-8-12-23)27(33-29)32-25(28(38)39)19-22-13-15-24(16-14-22)41-30(40)35-17-9-10-18-35/h6-8,11-16,20,25H,4-5,9-10,17-19H2,1-3H3,(H,38,39)(H,31,32,33)/t25-/m0/s1. The fourth-order valence-electron chi connectivity index (χ4n) is 4.72. The number of carbonyl (C=O) groups excluding carboxylic acids is 2. The molecule has 4 rings (SSSR count). The number of ether oxygens (including phenoxy) is 1. The maximum atomic E-state index is 12.8. The lowest BCUT2D eigenvalue weighted by Crippen LogP contribution is -2.34. The summed E-state index contributed by atoms with van der Waals surface area (Å²) in [4.78, 5) is 51.8. The Morgan fingerprint density at radius 1 is 1.02 bits per heavy atom. The zero-order valence-corrected chi connectivity index (χ0v) is 23.6. The molecule has 2 amide bonds. The van der Waals surface area contributed by atoms with E-state index in [-0.39, 0.29) is 24.2 Å². The highest BCUT2D eigenvalue weighted by Crippen LogP contribution is 2.32. The first-order valence-corrected chi connectivity index (χ1v) is 13.8. The monoisotopic (exact) mass is 560 g/mol. The van der Waals surface area contributed by atoms with Crippen molar-refractivity contribution in [3.05, 3.63) is 66.4 Å². The summed E-state index contributed by atoms with van der Waals surface area (Å²) in [7, 11) is 0. The second kappa shape index (κ2) is 13.6. The SMILES string of the molecule is CCN(CC)c1ncc(N(C(C)=O)c2ccccc2)c(N[C@@H](Cc2ccc(OC(=O)N3CCCC3)cc2)C(=O)O)n1. The topological polar surface area (TPSA) is 128 Å². The largest absolute Gasteiger partial charge is 0.480 e. The first kappa shape index (κ1) is 29.3. The van der Waals surface area contributed by atoms with Crippen LogP contribution in [0.1, 0.15) is 39.2 Å². The van der Waals surface area contributed by atoms with Gasteiger partial charge in [-0.15, -0.1) is 0 Å². The molecule has 1 aromatic heterocycles. The number of carboxylic acid groups (broad SMARTS) is 1. The number of amides is 2. The van der Waals surface area contributed by atoms with Crippen molar-refractivity contribution in [3.63, 3.8) is 0 Å². The average molecular weight is 561 g/mol. The van der Waals surface area contributed by atoms with Gasteiger partial charge in [0.15, 0.2) is 5.82 Å². The second-order valence-electron chi connectivity index (χ2n) is 9.71. The van der Waals surface area contributed by atoms with E-state index in [0.717, 1.165) is 18.4 Å². The lowest BCUT2D eigenvalue weighted by Gasteiger charge is -2.27. The molecular formula is C30H36N6O5. The summed E-state index contributed by atoms with van der Waals surface area (Å²) in [6, 6.07) is 14.8. The molecule has 0 spiro atoms. The number of anilines is 4. The molecule has 0 radical (unpaired) electrons. The van der Waals surface area contributed by atoms with Gasteiger partial charge in [0.2, 0.25) is 11.9 Å².